The molecular formula is C19H23N3O. The fourth-order valence-electron chi connectivity index (χ4n) is 4.20. The average molecular weight is 309 g/mol. The molecule has 0 N–H and O–H groups in total. The highest BCUT2D eigenvalue weighted by atomic mass is 16.2. The van der Waals surface area contributed by atoms with Gasteiger partial charge in [0, 0.05) is 25.4 Å². The molecule has 1 aromatic carbocycles. The van der Waals surface area contributed by atoms with E-state index in [1.165, 1.54) is 16.7 Å². The largest absolute Gasteiger partial charge is 0.335 e. The highest BCUT2D eigenvalue weighted by molar-refractivity contribution is 5.85. The summed E-state index contributed by atoms with van der Waals surface area (Å²) < 4.78 is 1.83. The smallest absolute Gasteiger partial charge is 0.230 e. The maximum atomic E-state index is 13.3. The van der Waals surface area contributed by atoms with E-state index in [0.29, 0.717) is 5.91 Å². The molecular weight excluding hydrogens is 286 g/mol. The van der Waals surface area contributed by atoms with Gasteiger partial charge in [-0.25, -0.2) is 0 Å². The predicted octanol–water partition coefficient (Wildman–Crippen LogP) is 3.20. The molecule has 1 aliphatic carbocycles. The van der Waals surface area contributed by atoms with Gasteiger partial charge in [-0.2, -0.15) is 5.10 Å². The number of nitrogens with zero attached hydrogens (tertiary/aromatic N) is 3. The topological polar surface area (TPSA) is 38.1 Å². The third-order valence-electron chi connectivity index (χ3n) is 5.31. The number of carbonyl (C=O) groups is 1. The standard InChI is InChI=1S/C19H23N3O/c1-21-13-15(12-20-21)18-10-5-11-22(18)19(23)17-9-4-7-14-6-2-3-8-16(14)17/h2-3,6,8,12-13,17-18H,4-5,7,9-11H2,1H3/t17-,18+/m1/s1. The van der Waals surface area contributed by atoms with Crippen molar-refractivity contribution in [2.45, 2.75) is 44.1 Å². The van der Waals surface area contributed by atoms with Crippen LogP contribution in [0, 0.1) is 0 Å². The molecule has 1 fully saturated rings. The summed E-state index contributed by atoms with van der Waals surface area (Å²) >= 11 is 0. The van der Waals surface area contributed by atoms with Crippen LogP contribution in [-0.2, 0) is 18.3 Å². The van der Waals surface area contributed by atoms with Gasteiger partial charge >= 0.3 is 0 Å². The average Bonchev–Trinajstić information content (AvgIpc) is 3.22. The van der Waals surface area contributed by atoms with E-state index < -0.39 is 0 Å². The lowest BCUT2D eigenvalue weighted by Crippen LogP contribution is -2.36. The van der Waals surface area contributed by atoms with E-state index in [9.17, 15) is 4.79 Å². The summed E-state index contributed by atoms with van der Waals surface area (Å²) in [5.74, 6) is 0.348. The quantitative estimate of drug-likeness (QED) is 0.854. The predicted molar refractivity (Wildman–Crippen MR) is 89.0 cm³/mol. The maximum Gasteiger partial charge on any atom is 0.230 e. The Morgan fingerprint density at radius 1 is 1.22 bits per heavy atom. The van der Waals surface area contributed by atoms with Crippen LogP contribution in [0.25, 0.3) is 0 Å². The zero-order valence-corrected chi connectivity index (χ0v) is 13.6. The minimum atomic E-state index is 0.0391. The van der Waals surface area contributed by atoms with Crippen LogP contribution in [0.1, 0.15) is 54.3 Å². The van der Waals surface area contributed by atoms with E-state index in [1.54, 1.807) is 0 Å². The first kappa shape index (κ1) is 14.5. The Bertz CT molecular complexity index is 721. The molecule has 2 heterocycles. The van der Waals surface area contributed by atoms with E-state index in [4.69, 9.17) is 0 Å². The first-order chi connectivity index (χ1) is 11.2. The van der Waals surface area contributed by atoms with Crippen LogP contribution in [0.4, 0.5) is 0 Å². The molecule has 0 saturated carbocycles. The highest BCUT2D eigenvalue weighted by Gasteiger charge is 2.36. The van der Waals surface area contributed by atoms with E-state index in [-0.39, 0.29) is 12.0 Å². The van der Waals surface area contributed by atoms with Crippen LogP contribution in [-0.4, -0.2) is 27.1 Å². The van der Waals surface area contributed by atoms with Crippen molar-refractivity contribution in [3.63, 3.8) is 0 Å². The summed E-state index contributed by atoms with van der Waals surface area (Å²) in [5, 5.41) is 4.28. The van der Waals surface area contributed by atoms with E-state index >= 15 is 0 Å². The summed E-state index contributed by atoms with van der Waals surface area (Å²) in [7, 11) is 1.93. The summed E-state index contributed by atoms with van der Waals surface area (Å²) in [6, 6.07) is 8.67. The van der Waals surface area contributed by atoms with Crippen molar-refractivity contribution in [2.24, 2.45) is 7.05 Å². The molecule has 4 heteroatoms. The van der Waals surface area contributed by atoms with Gasteiger partial charge in [-0.05, 0) is 43.2 Å². The lowest BCUT2D eigenvalue weighted by atomic mass is 9.82. The normalized spacial score (nSPS) is 23.8. The molecule has 2 aromatic rings. The van der Waals surface area contributed by atoms with Gasteiger partial charge in [0.15, 0.2) is 0 Å². The Morgan fingerprint density at radius 2 is 2.09 bits per heavy atom. The summed E-state index contributed by atoms with van der Waals surface area (Å²) in [6.45, 7) is 0.872. The van der Waals surface area contributed by atoms with Crippen LogP contribution >= 0.6 is 0 Å². The van der Waals surface area contributed by atoms with E-state index in [1.807, 2.05) is 24.1 Å². The number of carbonyl (C=O) groups excluding carboxylic acids is 1. The van der Waals surface area contributed by atoms with Crippen LogP contribution in [0.5, 0.6) is 0 Å². The zero-order chi connectivity index (χ0) is 15.8. The van der Waals surface area contributed by atoms with Crippen molar-refractivity contribution in [1.82, 2.24) is 14.7 Å². The van der Waals surface area contributed by atoms with Gasteiger partial charge in [0.05, 0.1) is 18.2 Å². The molecule has 1 amide bonds. The van der Waals surface area contributed by atoms with E-state index in [2.05, 4.69) is 34.3 Å². The molecule has 2 aliphatic rings. The molecule has 2 atom stereocenters. The van der Waals surface area contributed by atoms with Crippen LogP contribution in [0.15, 0.2) is 36.7 Å². The number of fused-ring (bicyclic) bond motifs is 1. The molecule has 4 rings (SSSR count). The number of hydrogen-bond donors (Lipinski definition) is 0. The molecule has 0 unspecified atom stereocenters. The lowest BCUT2D eigenvalue weighted by molar-refractivity contribution is -0.134. The number of benzene rings is 1. The van der Waals surface area contributed by atoms with Crippen molar-refractivity contribution in [1.29, 1.82) is 0 Å². The van der Waals surface area contributed by atoms with Crippen LogP contribution in [0.3, 0.4) is 0 Å². The number of rotatable bonds is 2. The van der Waals surface area contributed by atoms with Crippen molar-refractivity contribution < 1.29 is 4.79 Å². The van der Waals surface area contributed by atoms with Gasteiger partial charge in [-0.15, -0.1) is 0 Å². The molecule has 0 spiro atoms. The van der Waals surface area contributed by atoms with Gasteiger partial charge in [0.1, 0.15) is 0 Å². The third kappa shape index (κ3) is 2.56. The van der Waals surface area contributed by atoms with Crippen LogP contribution in [0.2, 0.25) is 0 Å². The summed E-state index contributed by atoms with van der Waals surface area (Å²) in [4.78, 5) is 15.4. The van der Waals surface area contributed by atoms with Gasteiger partial charge in [0.25, 0.3) is 0 Å². The van der Waals surface area contributed by atoms with Crippen molar-refractivity contribution in [2.75, 3.05) is 6.54 Å². The molecule has 120 valence electrons. The van der Waals surface area contributed by atoms with Crippen molar-refractivity contribution in [3.05, 3.63) is 53.3 Å². The second-order valence-corrected chi connectivity index (χ2v) is 6.78. The molecule has 4 nitrogen and oxygen atoms in total. The number of amides is 1. The lowest BCUT2D eigenvalue weighted by Gasteiger charge is -2.31. The Labute approximate surface area is 137 Å². The second-order valence-electron chi connectivity index (χ2n) is 6.78. The zero-order valence-electron chi connectivity index (χ0n) is 13.6. The SMILES string of the molecule is Cn1cc([C@@H]2CCCN2C(=O)[C@@H]2CCCc3ccccc32)cn1. The van der Waals surface area contributed by atoms with Crippen LogP contribution < -0.4 is 0 Å². The van der Waals surface area contributed by atoms with E-state index in [0.717, 1.165) is 38.6 Å². The summed E-state index contributed by atoms with van der Waals surface area (Å²) in [6.07, 6.45) is 9.28. The Hall–Kier alpha value is -2.10. The first-order valence-corrected chi connectivity index (χ1v) is 8.61. The Morgan fingerprint density at radius 3 is 2.91 bits per heavy atom. The maximum absolute atomic E-state index is 13.3. The number of aryl methyl sites for hydroxylation is 2. The number of aromatic nitrogens is 2. The number of likely N-dealkylation sites (tertiary alicyclic amines) is 1. The number of hydrogen-bond acceptors (Lipinski definition) is 2. The monoisotopic (exact) mass is 309 g/mol. The Balaban J connectivity index is 1.62. The molecule has 0 radical (unpaired) electrons. The molecule has 1 aromatic heterocycles. The van der Waals surface area contributed by atoms with Crippen molar-refractivity contribution >= 4 is 5.91 Å². The molecule has 0 bridgehead atoms. The fourth-order valence-corrected chi connectivity index (χ4v) is 4.20. The van der Waals surface area contributed by atoms with Gasteiger partial charge in [-0.3, -0.25) is 9.48 Å². The molecule has 23 heavy (non-hydrogen) atoms. The molecule has 1 aliphatic heterocycles. The van der Waals surface area contributed by atoms with Gasteiger partial charge in [0.2, 0.25) is 5.91 Å². The minimum Gasteiger partial charge on any atom is -0.335 e. The minimum absolute atomic E-state index is 0.0391. The first-order valence-electron chi connectivity index (χ1n) is 8.61. The van der Waals surface area contributed by atoms with Crippen molar-refractivity contribution in [3.8, 4) is 0 Å². The fraction of sp³-hybridized carbons (Fsp3) is 0.474. The third-order valence-corrected chi connectivity index (χ3v) is 5.31. The second kappa shape index (κ2) is 5.84. The Kier molecular flexibility index (Phi) is 3.68. The van der Waals surface area contributed by atoms with Gasteiger partial charge in [-0.1, -0.05) is 24.3 Å². The molecule has 1 saturated heterocycles. The van der Waals surface area contributed by atoms with Gasteiger partial charge < -0.3 is 4.90 Å². The summed E-state index contributed by atoms with van der Waals surface area (Å²) in [5.41, 5.74) is 3.78. The highest BCUT2D eigenvalue weighted by Crippen LogP contribution is 2.38.